The van der Waals surface area contributed by atoms with Crippen LogP contribution in [-0.4, -0.2) is 16.8 Å². The maximum Gasteiger partial charge on any atom is 0.226 e. The second-order valence-electron chi connectivity index (χ2n) is 7.74. The third-order valence-electron chi connectivity index (χ3n) is 5.55. The summed E-state index contributed by atoms with van der Waals surface area (Å²) in [5.74, 6) is 1.12. The zero-order chi connectivity index (χ0) is 18.6. The summed E-state index contributed by atoms with van der Waals surface area (Å²) in [6.45, 7) is 1.06. The number of nitrogens with zero attached hydrogens (tertiary/aromatic N) is 1. The van der Waals surface area contributed by atoms with Crippen LogP contribution in [0.2, 0.25) is 0 Å². The lowest BCUT2D eigenvalue weighted by molar-refractivity contribution is -0.135. The van der Waals surface area contributed by atoms with Gasteiger partial charge in [0.15, 0.2) is 0 Å². The maximum atomic E-state index is 13.0. The molecule has 1 amide bonds. The minimum Gasteiger partial charge on any atom is -0.489 e. The molecule has 0 saturated heterocycles. The van der Waals surface area contributed by atoms with E-state index in [2.05, 4.69) is 11.0 Å². The predicted molar refractivity (Wildman–Crippen MR) is 103 cm³/mol. The Bertz CT molecular complexity index is 779. The Hall–Kier alpha value is -2.36. The highest BCUT2D eigenvalue weighted by atomic mass is 19.1. The molecule has 0 radical (unpaired) electrons. The summed E-state index contributed by atoms with van der Waals surface area (Å²) in [6.07, 6.45) is 6.78. The van der Waals surface area contributed by atoms with E-state index in [0.717, 1.165) is 42.6 Å². The molecule has 4 heteroatoms. The van der Waals surface area contributed by atoms with Gasteiger partial charge in [0.05, 0.1) is 0 Å². The predicted octanol–water partition coefficient (Wildman–Crippen LogP) is 5.09. The van der Waals surface area contributed by atoms with Crippen LogP contribution in [0, 0.1) is 11.7 Å². The number of benzene rings is 2. The van der Waals surface area contributed by atoms with E-state index < -0.39 is 0 Å². The second-order valence-corrected chi connectivity index (χ2v) is 7.74. The highest BCUT2D eigenvalue weighted by molar-refractivity contribution is 5.81. The standard InChI is InChI=1S/C23H26FNO2/c24-20-12-8-17(9-13-20)16-27-22-7-3-4-18(14-22)15-25(21-5-1-2-6-21)23(26)19-10-11-19/h3-4,7-9,12-14,19,21H,1-2,5-6,10-11,15-16H2. The van der Waals surface area contributed by atoms with E-state index in [0.29, 0.717) is 25.1 Å². The van der Waals surface area contributed by atoms with E-state index in [9.17, 15) is 9.18 Å². The first kappa shape index (κ1) is 18.0. The molecule has 142 valence electrons. The minimum absolute atomic E-state index is 0.243. The number of rotatable bonds is 7. The van der Waals surface area contributed by atoms with Crippen molar-refractivity contribution in [3.8, 4) is 5.75 Å². The molecule has 2 aliphatic rings. The minimum atomic E-state index is -0.243. The maximum absolute atomic E-state index is 13.0. The molecule has 0 unspecified atom stereocenters. The van der Waals surface area contributed by atoms with Gasteiger partial charge in [-0.05, 0) is 61.1 Å². The van der Waals surface area contributed by atoms with Crippen LogP contribution in [0.25, 0.3) is 0 Å². The van der Waals surface area contributed by atoms with Crippen molar-refractivity contribution >= 4 is 5.91 Å². The SMILES string of the molecule is O=C(C1CC1)N(Cc1cccc(OCc2ccc(F)cc2)c1)C1CCCC1. The Morgan fingerprint density at radius 1 is 1.00 bits per heavy atom. The van der Waals surface area contributed by atoms with Crippen molar-refractivity contribution in [3.63, 3.8) is 0 Å². The molecular weight excluding hydrogens is 341 g/mol. The fourth-order valence-electron chi connectivity index (χ4n) is 3.85. The molecular formula is C23H26FNO2. The van der Waals surface area contributed by atoms with Gasteiger partial charge >= 0.3 is 0 Å². The molecule has 4 rings (SSSR count). The molecule has 2 saturated carbocycles. The number of hydrogen-bond acceptors (Lipinski definition) is 2. The number of carbonyl (C=O) groups excluding carboxylic acids is 1. The van der Waals surface area contributed by atoms with Gasteiger partial charge in [0.2, 0.25) is 5.91 Å². The topological polar surface area (TPSA) is 29.5 Å². The van der Waals surface area contributed by atoms with E-state index in [-0.39, 0.29) is 11.7 Å². The summed E-state index contributed by atoms with van der Waals surface area (Å²) in [5.41, 5.74) is 2.03. The van der Waals surface area contributed by atoms with Gasteiger partial charge in [-0.1, -0.05) is 37.1 Å². The number of amides is 1. The summed E-state index contributed by atoms with van der Waals surface area (Å²) in [6, 6.07) is 14.7. The molecule has 0 aliphatic heterocycles. The zero-order valence-corrected chi connectivity index (χ0v) is 15.6. The molecule has 2 aromatic carbocycles. The third-order valence-corrected chi connectivity index (χ3v) is 5.55. The van der Waals surface area contributed by atoms with Crippen molar-refractivity contribution in [2.24, 2.45) is 5.92 Å². The molecule has 3 nitrogen and oxygen atoms in total. The van der Waals surface area contributed by atoms with E-state index in [1.807, 2.05) is 18.2 Å². The molecule has 0 bridgehead atoms. The lowest BCUT2D eigenvalue weighted by Crippen LogP contribution is -2.39. The van der Waals surface area contributed by atoms with Crippen molar-refractivity contribution in [1.82, 2.24) is 4.90 Å². The lowest BCUT2D eigenvalue weighted by Gasteiger charge is -2.29. The van der Waals surface area contributed by atoms with Gasteiger partial charge < -0.3 is 9.64 Å². The highest BCUT2D eigenvalue weighted by Gasteiger charge is 2.37. The van der Waals surface area contributed by atoms with Crippen LogP contribution in [0.3, 0.4) is 0 Å². The number of ether oxygens (including phenoxy) is 1. The zero-order valence-electron chi connectivity index (χ0n) is 15.6. The summed E-state index contributed by atoms with van der Waals surface area (Å²) < 4.78 is 18.9. The fourth-order valence-corrected chi connectivity index (χ4v) is 3.85. The summed E-state index contributed by atoms with van der Waals surface area (Å²) in [4.78, 5) is 14.9. The van der Waals surface area contributed by atoms with Gasteiger partial charge in [-0.3, -0.25) is 4.79 Å². The molecule has 0 spiro atoms. The normalized spacial score (nSPS) is 17.1. The van der Waals surface area contributed by atoms with Crippen molar-refractivity contribution in [1.29, 1.82) is 0 Å². The van der Waals surface area contributed by atoms with Crippen LogP contribution in [0.5, 0.6) is 5.75 Å². The molecule has 0 N–H and O–H groups in total. The largest absolute Gasteiger partial charge is 0.489 e. The average molecular weight is 367 g/mol. The van der Waals surface area contributed by atoms with Crippen LogP contribution >= 0.6 is 0 Å². The van der Waals surface area contributed by atoms with Gasteiger partial charge in [-0.15, -0.1) is 0 Å². The van der Waals surface area contributed by atoms with Crippen molar-refractivity contribution in [3.05, 3.63) is 65.5 Å². The summed E-state index contributed by atoms with van der Waals surface area (Å²) in [5, 5.41) is 0. The molecule has 0 aromatic heterocycles. The van der Waals surface area contributed by atoms with Gasteiger partial charge in [-0.25, -0.2) is 4.39 Å². The molecule has 2 aromatic rings. The third kappa shape index (κ3) is 4.68. The summed E-state index contributed by atoms with van der Waals surface area (Å²) >= 11 is 0. The van der Waals surface area contributed by atoms with Gasteiger partial charge in [0.25, 0.3) is 0 Å². The van der Waals surface area contributed by atoms with E-state index in [4.69, 9.17) is 4.74 Å². The van der Waals surface area contributed by atoms with Gasteiger partial charge in [0, 0.05) is 18.5 Å². The van der Waals surface area contributed by atoms with Crippen molar-refractivity contribution < 1.29 is 13.9 Å². The van der Waals surface area contributed by atoms with Crippen LogP contribution in [0.15, 0.2) is 48.5 Å². The number of hydrogen-bond donors (Lipinski definition) is 0. The highest BCUT2D eigenvalue weighted by Crippen LogP contribution is 2.35. The van der Waals surface area contributed by atoms with E-state index >= 15 is 0 Å². The monoisotopic (exact) mass is 367 g/mol. The Labute approximate surface area is 160 Å². The lowest BCUT2D eigenvalue weighted by atomic mass is 10.1. The Kier molecular flexibility index (Phi) is 5.42. The first-order valence-electron chi connectivity index (χ1n) is 9.96. The summed E-state index contributed by atoms with van der Waals surface area (Å²) in [7, 11) is 0. The second kappa shape index (κ2) is 8.12. The Morgan fingerprint density at radius 2 is 1.74 bits per heavy atom. The quantitative estimate of drug-likeness (QED) is 0.682. The molecule has 27 heavy (non-hydrogen) atoms. The Balaban J connectivity index is 1.42. The van der Waals surface area contributed by atoms with Crippen molar-refractivity contribution in [2.45, 2.75) is 57.7 Å². The van der Waals surface area contributed by atoms with Crippen LogP contribution < -0.4 is 4.74 Å². The first-order chi connectivity index (χ1) is 13.2. The average Bonchev–Trinajstić information content (AvgIpc) is 3.40. The number of halogens is 1. The Morgan fingerprint density at radius 3 is 2.44 bits per heavy atom. The number of carbonyl (C=O) groups is 1. The molecule has 0 heterocycles. The van der Waals surface area contributed by atoms with Crippen molar-refractivity contribution in [2.75, 3.05) is 0 Å². The first-order valence-corrected chi connectivity index (χ1v) is 9.96. The van der Waals surface area contributed by atoms with Gasteiger partial charge in [-0.2, -0.15) is 0 Å². The van der Waals surface area contributed by atoms with Crippen LogP contribution in [0.1, 0.15) is 49.7 Å². The van der Waals surface area contributed by atoms with Gasteiger partial charge in [0.1, 0.15) is 18.2 Å². The van der Waals surface area contributed by atoms with E-state index in [1.54, 1.807) is 12.1 Å². The van der Waals surface area contributed by atoms with Crippen LogP contribution in [-0.2, 0) is 17.9 Å². The van der Waals surface area contributed by atoms with Crippen LogP contribution in [0.4, 0.5) is 4.39 Å². The smallest absolute Gasteiger partial charge is 0.226 e. The molecule has 2 fully saturated rings. The molecule has 0 atom stereocenters. The molecule has 2 aliphatic carbocycles. The fraction of sp³-hybridized carbons (Fsp3) is 0.435. The van der Waals surface area contributed by atoms with E-state index in [1.165, 1.54) is 25.0 Å².